The lowest BCUT2D eigenvalue weighted by molar-refractivity contribution is -0.117. The third-order valence-electron chi connectivity index (χ3n) is 6.26. The van der Waals surface area contributed by atoms with Gasteiger partial charge in [0.15, 0.2) is 11.5 Å². The van der Waals surface area contributed by atoms with Gasteiger partial charge in [-0.15, -0.1) is 0 Å². The van der Waals surface area contributed by atoms with Crippen LogP contribution in [0.15, 0.2) is 42.5 Å². The number of ether oxygens (including phenoxy) is 3. The molecule has 1 N–H and O–H groups in total. The normalized spacial score (nSPS) is 14.9. The summed E-state index contributed by atoms with van der Waals surface area (Å²) in [6, 6.07) is 13.0. The van der Waals surface area contributed by atoms with Gasteiger partial charge in [-0.05, 0) is 50.6 Å². The summed E-state index contributed by atoms with van der Waals surface area (Å²) < 4.78 is 18.9. The number of carbonyl (C=O) groups excluding carboxylic acids is 2. The first kappa shape index (κ1) is 21.9. The number of amides is 2. The molecule has 34 heavy (non-hydrogen) atoms. The summed E-state index contributed by atoms with van der Waals surface area (Å²) in [6.45, 7) is 5.61. The first-order chi connectivity index (χ1) is 16.5. The van der Waals surface area contributed by atoms with Crippen molar-refractivity contribution in [3.8, 4) is 22.9 Å². The maximum Gasteiger partial charge on any atom is 0.257 e. The van der Waals surface area contributed by atoms with Gasteiger partial charge in [-0.1, -0.05) is 0 Å². The third-order valence-corrected chi connectivity index (χ3v) is 6.26. The molecule has 5 rings (SSSR count). The summed E-state index contributed by atoms with van der Waals surface area (Å²) in [5.41, 5.74) is 4.55. The molecule has 2 aromatic carbocycles. The molecule has 0 bridgehead atoms. The highest BCUT2D eigenvalue weighted by molar-refractivity contribution is 6.06. The zero-order chi connectivity index (χ0) is 23.8. The number of aryl methyl sites for hydroxylation is 1. The largest absolute Gasteiger partial charge is 0.494 e. The fourth-order valence-electron chi connectivity index (χ4n) is 4.64. The van der Waals surface area contributed by atoms with Crippen molar-refractivity contribution >= 4 is 23.2 Å². The van der Waals surface area contributed by atoms with Gasteiger partial charge in [-0.25, -0.2) is 0 Å². The second kappa shape index (κ2) is 8.78. The number of hydrogen-bond acceptors (Lipinski definition) is 5. The fraction of sp³-hybridized carbons (Fsp3) is 0.308. The van der Waals surface area contributed by atoms with Crippen molar-refractivity contribution in [3.05, 3.63) is 59.4 Å². The van der Waals surface area contributed by atoms with Gasteiger partial charge in [0, 0.05) is 47.9 Å². The van der Waals surface area contributed by atoms with Gasteiger partial charge in [0.1, 0.15) is 19.0 Å². The number of carbonyl (C=O) groups is 2. The maximum absolute atomic E-state index is 13.2. The Labute approximate surface area is 198 Å². The number of anilines is 2. The van der Waals surface area contributed by atoms with Crippen LogP contribution in [-0.2, 0) is 4.79 Å². The van der Waals surface area contributed by atoms with E-state index in [1.807, 2.05) is 48.7 Å². The highest BCUT2D eigenvalue weighted by Gasteiger charge is 2.25. The summed E-state index contributed by atoms with van der Waals surface area (Å²) in [6.07, 6.45) is 1.38. The average molecular weight is 462 g/mol. The predicted octanol–water partition coefficient (Wildman–Crippen LogP) is 4.25. The molecule has 2 amide bonds. The highest BCUT2D eigenvalue weighted by Crippen LogP contribution is 2.35. The van der Waals surface area contributed by atoms with Crippen LogP contribution in [0.25, 0.3) is 5.69 Å². The Hall–Kier alpha value is -3.94. The zero-order valence-electron chi connectivity index (χ0n) is 19.5. The number of benzene rings is 2. The van der Waals surface area contributed by atoms with Crippen molar-refractivity contribution in [3.63, 3.8) is 0 Å². The van der Waals surface area contributed by atoms with Crippen LogP contribution >= 0.6 is 0 Å². The van der Waals surface area contributed by atoms with Crippen molar-refractivity contribution in [2.24, 2.45) is 0 Å². The van der Waals surface area contributed by atoms with Crippen LogP contribution in [0.2, 0.25) is 0 Å². The molecule has 1 saturated heterocycles. The monoisotopic (exact) mass is 461 g/mol. The number of rotatable bonds is 5. The quantitative estimate of drug-likeness (QED) is 0.614. The number of aromatic nitrogens is 1. The number of nitrogens with one attached hydrogen (secondary N) is 1. The molecule has 2 aliphatic heterocycles. The van der Waals surface area contributed by atoms with Gasteiger partial charge in [0.2, 0.25) is 5.91 Å². The van der Waals surface area contributed by atoms with Crippen LogP contribution < -0.4 is 24.4 Å². The van der Waals surface area contributed by atoms with E-state index in [1.165, 1.54) is 0 Å². The lowest BCUT2D eigenvalue weighted by atomic mass is 10.2. The molecular formula is C26H27N3O5. The summed E-state index contributed by atoms with van der Waals surface area (Å²) in [5, 5.41) is 2.96. The number of fused-ring (bicyclic) bond motifs is 1. The maximum atomic E-state index is 13.2. The Morgan fingerprint density at radius 3 is 2.56 bits per heavy atom. The van der Waals surface area contributed by atoms with E-state index in [1.54, 1.807) is 24.1 Å². The molecule has 2 aliphatic rings. The Bertz CT molecular complexity index is 1280. The van der Waals surface area contributed by atoms with Crippen LogP contribution in [0.5, 0.6) is 17.2 Å². The van der Waals surface area contributed by atoms with Gasteiger partial charge >= 0.3 is 0 Å². The second-order valence-electron chi connectivity index (χ2n) is 8.44. The van der Waals surface area contributed by atoms with Crippen LogP contribution in [-0.4, -0.2) is 43.2 Å². The lowest BCUT2D eigenvalue weighted by Crippen LogP contribution is -2.24. The molecule has 1 aromatic heterocycles. The first-order valence-corrected chi connectivity index (χ1v) is 11.3. The molecular weight excluding hydrogens is 434 g/mol. The molecule has 0 radical (unpaired) electrons. The molecule has 3 heterocycles. The zero-order valence-corrected chi connectivity index (χ0v) is 19.5. The van der Waals surface area contributed by atoms with E-state index in [0.29, 0.717) is 48.9 Å². The first-order valence-electron chi connectivity index (χ1n) is 11.3. The fourth-order valence-corrected chi connectivity index (χ4v) is 4.64. The van der Waals surface area contributed by atoms with Crippen molar-refractivity contribution in [1.82, 2.24) is 4.57 Å². The molecule has 0 spiro atoms. The SMILES string of the molecule is COc1cc(NC(=O)c2cc(C)n(-c3ccc4c(c3)OCCO4)c2C)ccc1N1CCCC1=O. The molecule has 0 unspecified atom stereocenters. The Morgan fingerprint density at radius 2 is 1.82 bits per heavy atom. The van der Waals surface area contributed by atoms with Gasteiger partial charge in [0.05, 0.1) is 18.4 Å². The Morgan fingerprint density at radius 1 is 1.03 bits per heavy atom. The minimum absolute atomic E-state index is 0.0849. The third kappa shape index (κ3) is 3.85. The Kier molecular flexibility index (Phi) is 5.65. The van der Waals surface area contributed by atoms with Gasteiger partial charge < -0.3 is 29.0 Å². The van der Waals surface area contributed by atoms with E-state index >= 15 is 0 Å². The van der Waals surface area contributed by atoms with Crippen LogP contribution in [0, 0.1) is 13.8 Å². The number of nitrogens with zero attached hydrogens (tertiary/aromatic N) is 2. The van der Waals surface area contributed by atoms with Crippen LogP contribution in [0.1, 0.15) is 34.6 Å². The van der Waals surface area contributed by atoms with E-state index in [-0.39, 0.29) is 11.8 Å². The molecule has 1 fully saturated rings. The lowest BCUT2D eigenvalue weighted by Gasteiger charge is -2.20. The minimum Gasteiger partial charge on any atom is -0.494 e. The van der Waals surface area contributed by atoms with E-state index in [9.17, 15) is 9.59 Å². The van der Waals surface area contributed by atoms with Crippen molar-refractivity contribution < 1.29 is 23.8 Å². The van der Waals surface area contributed by atoms with Crippen molar-refractivity contribution in [2.45, 2.75) is 26.7 Å². The van der Waals surface area contributed by atoms with E-state index in [0.717, 1.165) is 34.9 Å². The summed E-state index contributed by atoms with van der Waals surface area (Å²) in [4.78, 5) is 27.1. The molecule has 8 nitrogen and oxygen atoms in total. The summed E-state index contributed by atoms with van der Waals surface area (Å²) >= 11 is 0. The smallest absolute Gasteiger partial charge is 0.257 e. The molecule has 8 heteroatoms. The van der Waals surface area contributed by atoms with E-state index < -0.39 is 0 Å². The van der Waals surface area contributed by atoms with Gasteiger partial charge in [0.25, 0.3) is 5.91 Å². The van der Waals surface area contributed by atoms with Crippen LogP contribution in [0.4, 0.5) is 11.4 Å². The topological polar surface area (TPSA) is 82.0 Å². The molecule has 3 aromatic rings. The minimum atomic E-state index is -0.219. The molecule has 0 saturated carbocycles. The highest BCUT2D eigenvalue weighted by atomic mass is 16.6. The van der Waals surface area contributed by atoms with Crippen molar-refractivity contribution in [2.75, 3.05) is 37.1 Å². The van der Waals surface area contributed by atoms with Crippen LogP contribution in [0.3, 0.4) is 0 Å². The predicted molar refractivity (Wildman–Crippen MR) is 129 cm³/mol. The molecule has 0 atom stereocenters. The Balaban J connectivity index is 1.40. The molecule has 0 aliphatic carbocycles. The number of hydrogen-bond donors (Lipinski definition) is 1. The van der Waals surface area contributed by atoms with Crippen molar-refractivity contribution in [1.29, 1.82) is 0 Å². The molecule has 176 valence electrons. The van der Waals surface area contributed by atoms with Gasteiger partial charge in [-0.3, -0.25) is 9.59 Å². The number of methoxy groups -OCH3 is 1. The van der Waals surface area contributed by atoms with E-state index in [2.05, 4.69) is 5.32 Å². The summed E-state index contributed by atoms with van der Waals surface area (Å²) in [5.74, 6) is 1.84. The average Bonchev–Trinajstić information content (AvgIpc) is 3.40. The standard InChI is InChI=1S/C26H27N3O5/c1-16-13-20(17(2)29(16)19-7-9-22-24(15-19)34-12-11-33-22)26(31)27-18-6-8-21(23(14-18)32-3)28-10-4-5-25(28)30/h6-9,13-15H,4-5,10-12H2,1-3H3,(H,27,31). The second-order valence-corrected chi connectivity index (χ2v) is 8.44. The van der Waals surface area contributed by atoms with E-state index in [4.69, 9.17) is 14.2 Å². The summed E-state index contributed by atoms with van der Waals surface area (Å²) in [7, 11) is 1.56. The van der Waals surface area contributed by atoms with Gasteiger partial charge in [-0.2, -0.15) is 0 Å².